The Kier molecular flexibility index (Phi) is 5.11. The molecule has 0 amide bonds. The molecule has 1 atom stereocenters. The number of hydrogen-bond donors (Lipinski definition) is 0. The molecule has 0 aliphatic heterocycles. The van der Waals surface area contributed by atoms with Crippen molar-refractivity contribution < 1.29 is 9.53 Å². The van der Waals surface area contributed by atoms with Gasteiger partial charge in [-0.2, -0.15) is 0 Å². The Bertz CT molecular complexity index is 1000. The Balaban J connectivity index is 2.27. The molecule has 1 heterocycles. The van der Waals surface area contributed by atoms with Crippen LogP contribution in [0.1, 0.15) is 6.92 Å². The third-order valence-corrected chi connectivity index (χ3v) is 5.00. The van der Waals surface area contributed by atoms with E-state index >= 15 is 0 Å². The van der Waals surface area contributed by atoms with E-state index in [9.17, 15) is 9.59 Å². The predicted octanol–water partition coefficient (Wildman–Crippen LogP) is 3.69. The zero-order valence-corrected chi connectivity index (χ0v) is 15.2. The average Bonchev–Trinajstić information content (AvgIpc) is 2.62. The lowest BCUT2D eigenvalue weighted by atomic mass is 10.2. The average molecular weight is 375 g/mol. The van der Waals surface area contributed by atoms with Gasteiger partial charge in [0, 0.05) is 0 Å². The number of hydrogen-bond acceptors (Lipinski definition) is 5. The van der Waals surface area contributed by atoms with Crippen molar-refractivity contribution in [1.29, 1.82) is 0 Å². The number of aromatic nitrogens is 2. The van der Waals surface area contributed by atoms with Gasteiger partial charge in [0.05, 0.1) is 28.7 Å². The Morgan fingerprint density at radius 1 is 1.20 bits per heavy atom. The molecule has 3 rings (SSSR count). The SMILES string of the molecule is COC(=O)C(C)Sc1nc2ccccc2c(=O)n1-c1ccccc1Cl. The number of para-hydroxylation sites is 2. The number of fused-ring (bicyclic) bond motifs is 1. The first-order chi connectivity index (χ1) is 12.0. The number of methoxy groups -OCH3 is 1. The number of benzene rings is 2. The van der Waals surface area contributed by atoms with E-state index in [4.69, 9.17) is 16.3 Å². The van der Waals surface area contributed by atoms with Crippen LogP contribution in [0.25, 0.3) is 16.6 Å². The van der Waals surface area contributed by atoms with Crippen LogP contribution >= 0.6 is 23.4 Å². The third kappa shape index (κ3) is 3.41. The van der Waals surface area contributed by atoms with Crippen molar-refractivity contribution in [3.63, 3.8) is 0 Å². The molecule has 0 aliphatic rings. The first-order valence-corrected chi connectivity index (χ1v) is 8.80. The van der Waals surface area contributed by atoms with E-state index in [1.165, 1.54) is 11.7 Å². The molecule has 0 saturated carbocycles. The van der Waals surface area contributed by atoms with Gasteiger partial charge in [-0.1, -0.05) is 47.6 Å². The van der Waals surface area contributed by atoms with Gasteiger partial charge in [-0.25, -0.2) is 4.98 Å². The highest BCUT2D eigenvalue weighted by atomic mass is 35.5. The summed E-state index contributed by atoms with van der Waals surface area (Å²) in [5.41, 5.74) is 0.848. The molecule has 0 saturated heterocycles. The Labute approximate surface area is 153 Å². The fraction of sp³-hybridized carbons (Fsp3) is 0.167. The van der Waals surface area contributed by atoms with Crippen molar-refractivity contribution in [3.8, 4) is 5.69 Å². The maximum atomic E-state index is 13.1. The molecule has 1 aromatic heterocycles. The molecule has 25 heavy (non-hydrogen) atoms. The molecule has 5 nitrogen and oxygen atoms in total. The second-order valence-corrected chi connectivity index (χ2v) is 7.00. The highest BCUT2D eigenvalue weighted by Crippen LogP contribution is 2.28. The van der Waals surface area contributed by atoms with E-state index in [2.05, 4.69) is 4.98 Å². The van der Waals surface area contributed by atoms with Crippen LogP contribution in [-0.4, -0.2) is 27.9 Å². The fourth-order valence-corrected chi connectivity index (χ4v) is 3.58. The lowest BCUT2D eigenvalue weighted by molar-refractivity contribution is -0.139. The number of thioether (sulfide) groups is 1. The summed E-state index contributed by atoms with van der Waals surface area (Å²) in [6.45, 7) is 1.70. The highest BCUT2D eigenvalue weighted by molar-refractivity contribution is 8.00. The standard InChI is InChI=1S/C18H15ClN2O3S/c1-11(17(23)24-2)25-18-20-14-9-5-3-7-12(14)16(22)21(18)15-10-6-4-8-13(15)19/h3-11H,1-2H3. The van der Waals surface area contributed by atoms with Gasteiger partial charge in [-0.05, 0) is 31.2 Å². The Morgan fingerprint density at radius 3 is 2.60 bits per heavy atom. The molecule has 2 aromatic carbocycles. The molecule has 3 aromatic rings. The van der Waals surface area contributed by atoms with E-state index in [1.54, 1.807) is 49.4 Å². The third-order valence-electron chi connectivity index (χ3n) is 3.65. The van der Waals surface area contributed by atoms with Crippen LogP contribution in [0.3, 0.4) is 0 Å². The zero-order valence-electron chi connectivity index (χ0n) is 13.6. The number of nitrogens with zero attached hydrogens (tertiary/aromatic N) is 2. The second-order valence-electron chi connectivity index (χ2n) is 5.29. The van der Waals surface area contributed by atoms with Gasteiger partial charge < -0.3 is 4.74 Å². The van der Waals surface area contributed by atoms with Gasteiger partial charge in [0.25, 0.3) is 5.56 Å². The first-order valence-electron chi connectivity index (χ1n) is 7.54. The van der Waals surface area contributed by atoms with Gasteiger partial charge in [-0.15, -0.1) is 0 Å². The van der Waals surface area contributed by atoms with Gasteiger partial charge in [0.1, 0.15) is 5.25 Å². The van der Waals surface area contributed by atoms with E-state index < -0.39 is 11.2 Å². The van der Waals surface area contributed by atoms with E-state index in [0.29, 0.717) is 26.8 Å². The summed E-state index contributed by atoms with van der Waals surface area (Å²) in [7, 11) is 1.33. The van der Waals surface area contributed by atoms with Gasteiger partial charge in [0.2, 0.25) is 0 Å². The van der Waals surface area contributed by atoms with Crippen molar-refractivity contribution in [2.75, 3.05) is 7.11 Å². The summed E-state index contributed by atoms with van der Waals surface area (Å²) in [5, 5.41) is 0.772. The molecule has 7 heteroatoms. The molecule has 0 fully saturated rings. The monoisotopic (exact) mass is 374 g/mol. The molecule has 0 spiro atoms. The maximum Gasteiger partial charge on any atom is 0.318 e. The molecular weight excluding hydrogens is 360 g/mol. The Morgan fingerprint density at radius 2 is 1.88 bits per heavy atom. The predicted molar refractivity (Wildman–Crippen MR) is 99.7 cm³/mol. The van der Waals surface area contributed by atoms with Crippen molar-refractivity contribution in [2.45, 2.75) is 17.3 Å². The topological polar surface area (TPSA) is 61.2 Å². The van der Waals surface area contributed by atoms with Crippen LogP contribution in [0, 0.1) is 0 Å². The zero-order chi connectivity index (χ0) is 18.0. The fourth-order valence-electron chi connectivity index (χ4n) is 2.41. The van der Waals surface area contributed by atoms with Crippen LogP contribution in [0.2, 0.25) is 5.02 Å². The van der Waals surface area contributed by atoms with Crippen LogP contribution in [0.5, 0.6) is 0 Å². The summed E-state index contributed by atoms with van der Waals surface area (Å²) in [6.07, 6.45) is 0. The van der Waals surface area contributed by atoms with Crippen LogP contribution in [0.15, 0.2) is 58.5 Å². The van der Waals surface area contributed by atoms with Crippen LogP contribution < -0.4 is 5.56 Å². The van der Waals surface area contributed by atoms with Crippen molar-refractivity contribution in [1.82, 2.24) is 9.55 Å². The molecule has 0 aliphatic carbocycles. The number of carbonyl (C=O) groups excluding carboxylic acids is 1. The van der Waals surface area contributed by atoms with Crippen LogP contribution in [-0.2, 0) is 9.53 Å². The molecule has 1 unspecified atom stereocenters. The molecule has 0 radical (unpaired) electrons. The normalized spacial score (nSPS) is 12.1. The smallest absolute Gasteiger partial charge is 0.318 e. The van der Waals surface area contributed by atoms with E-state index in [-0.39, 0.29) is 5.56 Å². The second kappa shape index (κ2) is 7.29. The van der Waals surface area contributed by atoms with Crippen LogP contribution in [0.4, 0.5) is 0 Å². The maximum absolute atomic E-state index is 13.1. The quantitative estimate of drug-likeness (QED) is 0.396. The molecule has 128 valence electrons. The van der Waals surface area contributed by atoms with Crippen molar-refractivity contribution in [3.05, 3.63) is 63.9 Å². The number of rotatable bonds is 4. The minimum atomic E-state index is -0.521. The van der Waals surface area contributed by atoms with E-state index in [0.717, 1.165) is 11.8 Å². The summed E-state index contributed by atoms with van der Waals surface area (Å²) in [5.74, 6) is -0.391. The summed E-state index contributed by atoms with van der Waals surface area (Å²) < 4.78 is 6.21. The van der Waals surface area contributed by atoms with Gasteiger partial charge >= 0.3 is 5.97 Å². The first kappa shape index (κ1) is 17.5. The summed E-state index contributed by atoms with van der Waals surface area (Å²) in [4.78, 5) is 29.4. The Hall–Kier alpha value is -2.31. The number of carbonyl (C=O) groups is 1. The lowest BCUT2D eigenvalue weighted by Crippen LogP contribution is -2.24. The molecule has 0 N–H and O–H groups in total. The van der Waals surface area contributed by atoms with Crippen molar-refractivity contribution >= 4 is 40.2 Å². The lowest BCUT2D eigenvalue weighted by Gasteiger charge is -2.16. The number of halogens is 1. The number of ether oxygens (including phenoxy) is 1. The summed E-state index contributed by atoms with van der Waals surface area (Å²) in [6, 6.07) is 14.1. The number of esters is 1. The van der Waals surface area contributed by atoms with Crippen molar-refractivity contribution in [2.24, 2.45) is 0 Å². The van der Waals surface area contributed by atoms with Gasteiger partial charge in [-0.3, -0.25) is 14.2 Å². The minimum Gasteiger partial charge on any atom is -0.468 e. The minimum absolute atomic E-state index is 0.238. The van der Waals surface area contributed by atoms with Gasteiger partial charge in [0.15, 0.2) is 5.16 Å². The molecule has 0 bridgehead atoms. The summed E-state index contributed by atoms with van der Waals surface area (Å²) >= 11 is 7.45. The molecular formula is C18H15ClN2O3S. The highest BCUT2D eigenvalue weighted by Gasteiger charge is 2.21. The largest absolute Gasteiger partial charge is 0.468 e. The van der Waals surface area contributed by atoms with E-state index in [1.807, 2.05) is 6.07 Å².